The van der Waals surface area contributed by atoms with Crippen molar-refractivity contribution in [3.8, 4) is 17.2 Å². The molecule has 1 N–H and O–H groups in total. The molecule has 35 heavy (non-hydrogen) atoms. The van der Waals surface area contributed by atoms with Gasteiger partial charge in [0.1, 0.15) is 23.8 Å². The zero-order chi connectivity index (χ0) is 24.4. The molecule has 2 aromatic carbocycles. The smallest absolute Gasteiger partial charge is 0.373 e. The minimum atomic E-state index is -0.641. The predicted molar refractivity (Wildman–Crippen MR) is 120 cm³/mol. The Morgan fingerprint density at radius 3 is 2.66 bits per heavy atom. The van der Waals surface area contributed by atoms with Crippen LogP contribution in [0.2, 0.25) is 0 Å². The molecule has 1 saturated heterocycles. The minimum Gasteiger partial charge on any atom is -0.489 e. The summed E-state index contributed by atoms with van der Waals surface area (Å²) in [7, 11) is 1.23. The molecule has 3 amide bonds. The highest BCUT2D eigenvalue weighted by molar-refractivity contribution is 6.13. The largest absolute Gasteiger partial charge is 0.489 e. The number of carbonyl (C=O) groups excluding carboxylic acids is 3. The van der Waals surface area contributed by atoms with Crippen molar-refractivity contribution in [2.24, 2.45) is 0 Å². The maximum atomic E-state index is 12.7. The number of rotatable bonds is 7. The Morgan fingerprint density at radius 2 is 1.86 bits per heavy atom. The highest BCUT2D eigenvalue weighted by atomic mass is 16.7. The third-order valence-corrected chi connectivity index (χ3v) is 5.36. The fraction of sp³-hybridized carbons (Fsp3) is 0.160. The zero-order valence-electron chi connectivity index (χ0n) is 18.6. The number of hydrogen-bond donors (Lipinski definition) is 1. The molecular formula is C25H20N2O8. The molecule has 178 valence electrons. The van der Waals surface area contributed by atoms with Crippen LogP contribution in [-0.4, -0.2) is 36.7 Å². The van der Waals surface area contributed by atoms with Crippen LogP contribution in [0.5, 0.6) is 17.2 Å². The lowest BCUT2D eigenvalue weighted by Crippen LogP contribution is -2.30. The van der Waals surface area contributed by atoms with Crippen LogP contribution >= 0.6 is 0 Å². The first kappa shape index (κ1) is 22.1. The second kappa shape index (κ2) is 9.26. The summed E-state index contributed by atoms with van der Waals surface area (Å²) < 4.78 is 26.4. The van der Waals surface area contributed by atoms with Crippen molar-refractivity contribution in [1.82, 2.24) is 10.2 Å². The molecule has 3 aromatic rings. The first-order valence-corrected chi connectivity index (χ1v) is 10.6. The molecular weight excluding hydrogens is 456 g/mol. The summed E-state index contributed by atoms with van der Waals surface area (Å²) in [6.07, 6.45) is 1.57. The molecule has 2 aliphatic rings. The van der Waals surface area contributed by atoms with Crippen molar-refractivity contribution in [3.63, 3.8) is 0 Å². The van der Waals surface area contributed by atoms with Crippen LogP contribution < -0.4 is 19.5 Å². The van der Waals surface area contributed by atoms with E-state index in [1.54, 1.807) is 30.3 Å². The predicted octanol–water partition coefficient (Wildman–Crippen LogP) is 3.47. The summed E-state index contributed by atoms with van der Waals surface area (Å²) in [5.41, 5.74) is 1.77. The van der Waals surface area contributed by atoms with Gasteiger partial charge in [0.25, 0.3) is 5.91 Å². The van der Waals surface area contributed by atoms with Crippen molar-refractivity contribution >= 4 is 24.0 Å². The Labute approximate surface area is 199 Å². The summed E-state index contributed by atoms with van der Waals surface area (Å²) in [5, 5.41) is 2.56. The van der Waals surface area contributed by atoms with Gasteiger partial charge in [0.2, 0.25) is 12.6 Å². The maximum absolute atomic E-state index is 12.7. The monoisotopic (exact) mass is 476 g/mol. The molecule has 3 heterocycles. The number of nitrogens with one attached hydrogen (secondary N) is 1. The Morgan fingerprint density at radius 1 is 1.06 bits per heavy atom. The van der Waals surface area contributed by atoms with Gasteiger partial charge in [-0.15, -0.1) is 0 Å². The summed E-state index contributed by atoms with van der Waals surface area (Å²) in [4.78, 5) is 37.6. The van der Waals surface area contributed by atoms with Gasteiger partial charge in [-0.05, 0) is 53.6 Å². The number of urea groups is 1. The fourth-order valence-corrected chi connectivity index (χ4v) is 3.57. The van der Waals surface area contributed by atoms with E-state index < -0.39 is 17.9 Å². The standard InChI is InChI=1S/C25H20N2O8/c1-31-24(29)21-9-7-18(35-21)12-27-23(28)19(26-25(27)30)10-15-2-5-17(6-3-15)32-13-16-4-8-20-22(11-16)34-14-33-20/h2-11H,12-14H2,1H3,(H,26,30). The van der Waals surface area contributed by atoms with Gasteiger partial charge in [0, 0.05) is 0 Å². The van der Waals surface area contributed by atoms with Crippen LogP contribution in [0.1, 0.15) is 27.4 Å². The summed E-state index contributed by atoms with van der Waals surface area (Å²) in [6.45, 7) is 0.452. The minimum absolute atomic E-state index is 0.00819. The SMILES string of the molecule is COC(=O)c1ccc(CN2C(=O)NC(=Cc3ccc(OCc4ccc5c(c4)OCO5)cc3)C2=O)o1. The first-order valence-electron chi connectivity index (χ1n) is 10.6. The molecule has 5 rings (SSSR count). The van der Waals surface area contributed by atoms with E-state index in [0.29, 0.717) is 29.4 Å². The number of furan rings is 1. The normalized spacial score (nSPS) is 15.5. The summed E-state index contributed by atoms with van der Waals surface area (Å²) >= 11 is 0. The number of amides is 3. The van der Waals surface area contributed by atoms with E-state index in [1.807, 2.05) is 18.2 Å². The number of methoxy groups -OCH3 is 1. The van der Waals surface area contributed by atoms with Gasteiger partial charge in [-0.2, -0.15) is 0 Å². The van der Waals surface area contributed by atoms with Crippen LogP contribution in [0.3, 0.4) is 0 Å². The average Bonchev–Trinajstić information content (AvgIpc) is 3.59. The van der Waals surface area contributed by atoms with Crippen molar-refractivity contribution in [1.29, 1.82) is 0 Å². The third-order valence-electron chi connectivity index (χ3n) is 5.36. The number of nitrogens with zero attached hydrogens (tertiary/aromatic N) is 1. The molecule has 0 unspecified atom stereocenters. The van der Waals surface area contributed by atoms with Crippen LogP contribution in [0, 0.1) is 0 Å². The number of ether oxygens (including phenoxy) is 4. The molecule has 0 radical (unpaired) electrons. The second-order valence-electron chi connectivity index (χ2n) is 7.68. The van der Waals surface area contributed by atoms with Crippen molar-refractivity contribution in [2.45, 2.75) is 13.2 Å². The lowest BCUT2D eigenvalue weighted by Gasteiger charge is -2.09. The van der Waals surface area contributed by atoms with E-state index in [9.17, 15) is 14.4 Å². The molecule has 10 nitrogen and oxygen atoms in total. The van der Waals surface area contributed by atoms with Gasteiger partial charge in [-0.1, -0.05) is 18.2 Å². The Balaban J connectivity index is 1.20. The zero-order valence-corrected chi connectivity index (χ0v) is 18.6. The van der Waals surface area contributed by atoms with E-state index in [-0.39, 0.29) is 30.6 Å². The molecule has 0 atom stereocenters. The topological polar surface area (TPSA) is 117 Å². The number of esters is 1. The van der Waals surface area contributed by atoms with E-state index in [2.05, 4.69) is 10.1 Å². The van der Waals surface area contributed by atoms with Crippen LogP contribution in [0.4, 0.5) is 4.79 Å². The van der Waals surface area contributed by atoms with Crippen LogP contribution in [0.15, 0.2) is 64.7 Å². The van der Waals surface area contributed by atoms with Gasteiger partial charge in [0.05, 0.1) is 13.7 Å². The lowest BCUT2D eigenvalue weighted by atomic mass is 10.2. The molecule has 10 heteroatoms. The first-order chi connectivity index (χ1) is 17.0. The van der Waals surface area contributed by atoms with Gasteiger partial charge in [-0.25, -0.2) is 9.59 Å². The van der Waals surface area contributed by atoms with Gasteiger partial charge < -0.3 is 28.7 Å². The number of fused-ring (bicyclic) bond motifs is 1. The van der Waals surface area contributed by atoms with Crippen LogP contribution in [-0.2, 0) is 22.7 Å². The van der Waals surface area contributed by atoms with E-state index >= 15 is 0 Å². The van der Waals surface area contributed by atoms with Crippen molar-refractivity contribution < 1.29 is 37.7 Å². The number of imide groups is 1. The van der Waals surface area contributed by atoms with Gasteiger partial charge in [-0.3, -0.25) is 9.69 Å². The number of carbonyl (C=O) groups is 3. The highest BCUT2D eigenvalue weighted by Crippen LogP contribution is 2.32. The summed E-state index contributed by atoms with van der Waals surface area (Å²) in [6, 6.07) is 15.1. The van der Waals surface area contributed by atoms with E-state index in [0.717, 1.165) is 10.5 Å². The van der Waals surface area contributed by atoms with E-state index in [1.165, 1.54) is 19.2 Å². The quantitative estimate of drug-likeness (QED) is 0.313. The van der Waals surface area contributed by atoms with E-state index in [4.69, 9.17) is 18.6 Å². The summed E-state index contributed by atoms with van der Waals surface area (Å²) in [5.74, 6) is 1.18. The van der Waals surface area contributed by atoms with Crippen molar-refractivity contribution in [3.05, 3.63) is 82.9 Å². The maximum Gasteiger partial charge on any atom is 0.373 e. The number of benzene rings is 2. The third kappa shape index (κ3) is 4.67. The van der Waals surface area contributed by atoms with Crippen LogP contribution in [0.25, 0.3) is 6.08 Å². The molecule has 0 spiro atoms. The van der Waals surface area contributed by atoms with Crippen molar-refractivity contribution in [2.75, 3.05) is 13.9 Å². The molecule has 0 bridgehead atoms. The molecule has 2 aliphatic heterocycles. The Kier molecular flexibility index (Phi) is 5.84. The lowest BCUT2D eigenvalue weighted by molar-refractivity contribution is -0.123. The molecule has 0 aliphatic carbocycles. The Hall–Kier alpha value is -4.73. The average molecular weight is 476 g/mol. The fourth-order valence-electron chi connectivity index (χ4n) is 3.57. The Bertz CT molecular complexity index is 1330. The number of hydrogen-bond acceptors (Lipinski definition) is 8. The van der Waals surface area contributed by atoms with Gasteiger partial charge >= 0.3 is 12.0 Å². The molecule has 1 fully saturated rings. The second-order valence-corrected chi connectivity index (χ2v) is 7.68. The van der Waals surface area contributed by atoms with Gasteiger partial charge in [0.15, 0.2) is 11.5 Å². The molecule has 1 aromatic heterocycles. The highest BCUT2D eigenvalue weighted by Gasteiger charge is 2.34. The molecule has 0 saturated carbocycles.